The monoisotopic (exact) mass is 261 g/mol. The molecule has 0 atom stereocenters. The van der Waals surface area contributed by atoms with Crippen molar-refractivity contribution in [1.82, 2.24) is 4.98 Å². The minimum Gasteiger partial charge on any atom is -0.396 e. The molecule has 0 saturated heterocycles. The SMILES string of the molecule is CCC(CC)CNc1cc(C(F)(F)F)ncc1N. The van der Waals surface area contributed by atoms with Crippen LogP contribution in [-0.2, 0) is 6.18 Å². The molecular weight excluding hydrogens is 243 g/mol. The zero-order valence-corrected chi connectivity index (χ0v) is 10.5. The molecule has 102 valence electrons. The van der Waals surface area contributed by atoms with Crippen molar-refractivity contribution in [1.29, 1.82) is 0 Å². The van der Waals surface area contributed by atoms with E-state index in [9.17, 15) is 13.2 Å². The van der Waals surface area contributed by atoms with Crippen molar-refractivity contribution in [3.63, 3.8) is 0 Å². The van der Waals surface area contributed by atoms with E-state index in [0.717, 1.165) is 25.1 Å². The van der Waals surface area contributed by atoms with E-state index in [1.165, 1.54) is 0 Å². The highest BCUT2D eigenvalue weighted by Crippen LogP contribution is 2.31. The molecule has 18 heavy (non-hydrogen) atoms. The molecule has 0 fully saturated rings. The normalized spacial score (nSPS) is 11.9. The molecule has 0 amide bonds. The number of aromatic nitrogens is 1. The topological polar surface area (TPSA) is 50.9 Å². The molecular formula is C12H18F3N3. The van der Waals surface area contributed by atoms with Crippen molar-refractivity contribution in [3.8, 4) is 0 Å². The number of nitrogens with zero attached hydrogens (tertiary/aromatic N) is 1. The molecule has 0 aliphatic carbocycles. The predicted octanol–water partition coefficient (Wildman–Crippen LogP) is 3.53. The summed E-state index contributed by atoms with van der Waals surface area (Å²) in [5, 5.41) is 2.96. The first-order chi connectivity index (χ1) is 8.38. The van der Waals surface area contributed by atoms with Crippen LogP contribution in [0.25, 0.3) is 0 Å². The highest BCUT2D eigenvalue weighted by atomic mass is 19.4. The Kier molecular flexibility index (Phi) is 4.81. The minimum atomic E-state index is -4.45. The fourth-order valence-corrected chi connectivity index (χ4v) is 1.61. The summed E-state index contributed by atoms with van der Waals surface area (Å²) in [7, 11) is 0. The van der Waals surface area contributed by atoms with Gasteiger partial charge in [0.15, 0.2) is 0 Å². The predicted molar refractivity (Wildman–Crippen MR) is 66.2 cm³/mol. The summed E-state index contributed by atoms with van der Waals surface area (Å²) in [6, 6.07) is 0.956. The zero-order valence-electron chi connectivity index (χ0n) is 10.5. The van der Waals surface area contributed by atoms with Crippen molar-refractivity contribution in [2.45, 2.75) is 32.9 Å². The van der Waals surface area contributed by atoms with Crippen LogP contribution < -0.4 is 11.1 Å². The van der Waals surface area contributed by atoms with E-state index in [0.29, 0.717) is 18.2 Å². The second-order valence-corrected chi connectivity index (χ2v) is 4.22. The lowest BCUT2D eigenvalue weighted by Crippen LogP contribution is -2.15. The van der Waals surface area contributed by atoms with Crippen LogP contribution in [0.15, 0.2) is 12.3 Å². The van der Waals surface area contributed by atoms with Gasteiger partial charge in [-0.2, -0.15) is 13.2 Å². The summed E-state index contributed by atoms with van der Waals surface area (Å²) in [4.78, 5) is 3.29. The number of halogens is 3. The van der Waals surface area contributed by atoms with Crippen LogP contribution in [-0.4, -0.2) is 11.5 Å². The average Bonchev–Trinajstić information content (AvgIpc) is 2.31. The van der Waals surface area contributed by atoms with Crippen molar-refractivity contribution < 1.29 is 13.2 Å². The molecule has 1 aromatic rings. The molecule has 1 rings (SSSR count). The Hall–Kier alpha value is -1.46. The summed E-state index contributed by atoms with van der Waals surface area (Å²) in [5.41, 5.74) is 5.21. The molecule has 0 spiro atoms. The molecule has 0 aromatic carbocycles. The summed E-state index contributed by atoms with van der Waals surface area (Å²) in [6.45, 7) is 4.71. The molecule has 0 aliphatic heterocycles. The molecule has 1 heterocycles. The van der Waals surface area contributed by atoms with Gasteiger partial charge in [0.05, 0.1) is 17.6 Å². The number of hydrogen-bond acceptors (Lipinski definition) is 3. The highest BCUT2D eigenvalue weighted by molar-refractivity contribution is 5.65. The molecule has 0 radical (unpaired) electrons. The van der Waals surface area contributed by atoms with Crippen molar-refractivity contribution in [3.05, 3.63) is 18.0 Å². The standard InChI is InChI=1S/C12H18F3N3/c1-3-8(4-2)6-17-10-5-11(12(13,14)15)18-7-9(10)16/h5,7-8H,3-4,6,16H2,1-2H3,(H,17,18). The van der Waals surface area contributed by atoms with Gasteiger partial charge in [-0.3, -0.25) is 0 Å². The summed E-state index contributed by atoms with van der Waals surface area (Å²) in [5.74, 6) is 0.423. The van der Waals surface area contributed by atoms with Crippen LogP contribution in [0.4, 0.5) is 24.5 Å². The van der Waals surface area contributed by atoms with E-state index in [2.05, 4.69) is 10.3 Å². The van der Waals surface area contributed by atoms with Gasteiger partial charge in [-0.15, -0.1) is 0 Å². The maximum absolute atomic E-state index is 12.5. The van der Waals surface area contributed by atoms with Crippen molar-refractivity contribution in [2.24, 2.45) is 5.92 Å². The van der Waals surface area contributed by atoms with Crippen LogP contribution in [0.1, 0.15) is 32.4 Å². The Morgan fingerprint density at radius 1 is 1.33 bits per heavy atom. The zero-order chi connectivity index (χ0) is 13.8. The van der Waals surface area contributed by atoms with Crippen molar-refractivity contribution >= 4 is 11.4 Å². The smallest absolute Gasteiger partial charge is 0.396 e. The maximum Gasteiger partial charge on any atom is 0.433 e. The molecule has 6 heteroatoms. The third-order valence-electron chi connectivity index (χ3n) is 2.96. The number of nitrogens with two attached hydrogens (primary N) is 1. The Balaban J connectivity index is 2.82. The van der Waals surface area contributed by atoms with Gasteiger partial charge < -0.3 is 11.1 Å². The van der Waals surface area contributed by atoms with E-state index in [1.807, 2.05) is 13.8 Å². The number of nitrogen functional groups attached to an aromatic ring is 1. The fourth-order valence-electron chi connectivity index (χ4n) is 1.61. The Morgan fingerprint density at radius 3 is 2.44 bits per heavy atom. The van der Waals surface area contributed by atoms with Crippen LogP contribution in [0.3, 0.4) is 0 Å². The molecule has 3 nitrogen and oxygen atoms in total. The average molecular weight is 261 g/mol. The number of pyridine rings is 1. The second-order valence-electron chi connectivity index (χ2n) is 4.22. The van der Waals surface area contributed by atoms with Crippen molar-refractivity contribution in [2.75, 3.05) is 17.6 Å². The minimum absolute atomic E-state index is 0.231. The highest BCUT2D eigenvalue weighted by Gasteiger charge is 2.32. The quantitative estimate of drug-likeness (QED) is 0.852. The van der Waals surface area contributed by atoms with Crippen LogP contribution >= 0.6 is 0 Å². The summed E-state index contributed by atoms with van der Waals surface area (Å²) in [6.07, 6.45) is -1.46. The molecule has 0 aliphatic rings. The molecule has 3 N–H and O–H groups in total. The van der Waals surface area contributed by atoms with Crippen LogP contribution in [0.5, 0.6) is 0 Å². The number of hydrogen-bond donors (Lipinski definition) is 2. The van der Waals surface area contributed by atoms with E-state index in [1.54, 1.807) is 0 Å². The van der Waals surface area contributed by atoms with Gasteiger partial charge in [-0.05, 0) is 12.0 Å². The van der Waals surface area contributed by atoms with Gasteiger partial charge in [0.25, 0.3) is 0 Å². The van der Waals surface area contributed by atoms with Gasteiger partial charge >= 0.3 is 6.18 Å². The summed E-state index contributed by atoms with van der Waals surface area (Å²) >= 11 is 0. The van der Waals surface area contributed by atoms with E-state index >= 15 is 0 Å². The largest absolute Gasteiger partial charge is 0.433 e. The van der Waals surface area contributed by atoms with E-state index in [-0.39, 0.29) is 5.69 Å². The maximum atomic E-state index is 12.5. The van der Waals surface area contributed by atoms with Crippen LogP contribution in [0.2, 0.25) is 0 Å². The fraction of sp³-hybridized carbons (Fsp3) is 0.583. The third-order valence-corrected chi connectivity index (χ3v) is 2.96. The summed E-state index contributed by atoms with van der Waals surface area (Å²) < 4.78 is 37.5. The first kappa shape index (κ1) is 14.6. The van der Waals surface area contributed by atoms with Crippen LogP contribution in [0, 0.1) is 5.92 Å². The lowest BCUT2D eigenvalue weighted by Gasteiger charge is -2.16. The van der Waals surface area contributed by atoms with Gasteiger partial charge in [-0.25, -0.2) is 4.98 Å². The third kappa shape index (κ3) is 3.78. The molecule has 0 unspecified atom stereocenters. The molecule has 1 aromatic heterocycles. The molecule has 0 bridgehead atoms. The first-order valence-electron chi connectivity index (χ1n) is 5.95. The number of anilines is 2. The first-order valence-corrected chi connectivity index (χ1v) is 5.95. The number of nitrogens with one attached hydrogen (secondary N) is 1. The Morgan fingerprint density at radius 2 is 1.94 bits per heavy atom. The second kappa shape index (κ2) is 5.93. The molecule has 0 saturated carbocycles. The lowest BCUT2D eigenvalue weighted by atomic mass is 10.0. The van der Waals surface area contributed by atoms with E-state index in [4.69, 9.17) is 5.73 Å². The number of rotatable bonds is 5. The van der Waals surface area contributed by atoms with Gasteiger partial charge in [0, 0.05) is 6.54 Å². The number of alkyl halides is 3. The lowest BCUT2D eigenvalue weighted by molar-refractivity contribution is -0.141. The van der Waals surface area contributed by atoms with Gasteiger partial charge in [-0.1, -0.05) is 26.7 Å². The Bertz CT molecular complexity index is 387. The van der Waals surface area contributed by atoms with Gasteiger partial charge in [0.1, 0.15) is 5.69 Å². The Labute approximate surface area is 105 Å². The van der Waals surface area contributed by atoms with Gasteiger partial charge in [0.2, 0.25) is 0 Å². The van der Waals surface area contributed by atoms with E-state index < -0.39 is 11.9 Å².